The summed E-state index contributed by atoms with van der Waals surface area (Å²) < 4.78 is 37.7. The minimum atomic E-state index is -0.388. The SMILES string of the molecule is O=C(c1cc(Cc2ccc(F)cc2)no1)N1CCC(Oc2ccccc2F)CC1. The number of benzene rings is 2. The van der Waals surface area contributed by atoms with E-state index in [1.165, 1.54) is 18.2 Å². The van der Waals surface area contributed by atoms with Crippen LogP contribution < -0.4 is 4.74 Å². The third-order valence-electron chi connectivity index (χ3n) is 4.93. The van der Waals surface area contributed by atoms with Gasteiger partial charge in [-0.25, -0.2) is 8.78 Å². The molecule has 0 bridgehead atoms. The molecule has 0 aliphatic carbocycles. The molecule has 2 aromatic carbocycles. The molecule has 0 N–H and O–H groups in total. The van der Waals surface area contributed by atoms with Gasteiger partial charge in [0.05, 0.1) is 5.69 Å². The molecule has 7 heteroatoms. The Morgan fingerprint density at radius 3 is 2.55 bits per heavy atom. The molecular formula is C22H20F2N2O3. The zero-order valence-electron chi connectivity index (χ0n) is 15.7. The molecule has 0 saturated carbocycles. The summed E-state index contributed by atoms with van der Waals surface area (Å²) in [6.45, 7) is 0.984. The maximum Gasteiger partial charge on any atom is 0.292 e. The summed E-state index contributed by atoms with van der Waals surface area (Å²) >= 11 is 0. The lowest BCUT2D eigenvalue weighted by atomic mass is 10.1. The van der Waals surface area contributed by atoms with Crippen molar-refractivity contribution in [1.82, 2.24) is 10.1 Å². The van der Waals surface area contributed by atoms with Crippen molar-refractivity contribution in [1.29, 1.82) is 0 Å². The number of piperidine rings is 1. The molecule has 2 heterocycles. The fraction of sp³-hybridized carbons (Fsp3) is 0.273. The summed E-state index contributed by atoms with van der Waals surface area (Å²) in [7, 11) is 0. The predicted molar refractivity (Wildman–Crippen MR) is 102 cm³/mol. The van der Waals surface area contributed by atoms with E-state index in [1.807, 2.05) is 0 Å². The Morgan fingerprint density at radius 2 is 1.83 bits per heavy atom. The van der Waals surface area contributed by atoms with E-state index < -0.39 is 0 Å². The van der Waals surface area contributed by atoms with Crippen LogP contribution in [0, 0.1) is 11.6 Å². The van der Waals surface area contributed by atoms with Crippen molar-refractivity contribution in [3.8, 4) is 5.75 Å². The number of carbonyl (C=O) groups excluding carboxylic acids is 1. The molecule has 1 aromatic heterocycles. The van der Waals surface area contributed by atoms with Crippen LogP contribution in [-0.2, 0) is 6.42 Å². The normalized spacial score (nSPS) is 14.8. The Hall–Kier alpha value is -3.22. The summed E-state index contributed by atoms with van der Waals surface area (Å²) in [6, 6.07) is 14.0. The second-order valence-corrected chi connectivity index (χ2v) is 7.03. The molecule has 1 aliphatic rings. The summed E-state index contributed by atoms with van der Waals surface area (Å²) in [5, 5.41) is 3.95. The van der Waals surface area contributed by atoms with Crippen LogP contribution in [0.2, 0.25) is 0 Å². The maximum atomic E-state index is 13.7. The lowest BCUT2D eigenvalue weighted by Gasteiger charge is -2.31. The maximum absolute atomic E-state index is 13.7. The van der Waals surface area contributed by atoms with Gasteiger partial charge >= 0.3 is 0 Å². The van der Waals surface area contributed by atoms with Gasteiger partial charge in [-0.15, -0.1) is 0 Å². The number of hydrogen-bond acceptors (Lipinski definition) is 4. The average molecular weight is 398 g/mol. The number of likely N-dealkylation sites (tertiary alicyclic amines) is 1. The minimum absolute atomic E-state index is 0.139. The smallest absolute Gasteiger partial charge is 0.292 e. The first kappa shape index (κ1) is 19.1. The van der Waals surface area contributed by atoms with E-state index in [4.69, 9.17) is 9.26 Å². The zero-order valence-corrected chi connectivity index (χ0v) is 15.7. The van der Waals surface area contributed by atoms with Gasteiger partial charge in [-0.3, -0.25) is 4.79 Å². The molecular weight excluding hydrogens is 378 g/mol. The van der Waals surface area contributed by atoms with E-state index >= 15 is 0 Å². The average Bonchev–Trinajstić information content (AvgIpc) is 3.20. The third-order valence-corrected chi connectivity index (χ3v) is 4.93. The Labute approximate surface area is 166 Å². The highest BCUT2D eigenvalue weighted by atomic mass is 19.1. The van der Waals surface area contributed by atoms with Crippen LogP contribution in [0.4, 0.5) is 8.78 Å². The topological polar surface area (TPSA) is 55.6 Å². The Morgan fingerprint density at radius 1 is 1.10 bits per heavy atom. The molecule has 5 nitrogen and oxygen atoms in total. The van der Waals surface area contributed by atoms with Crippen LogP contribution in [0.1, 0.15) is 34.7 Å². The first-order chi connectivity index (χ1) is 14.1. The highest BCUT2D eigenvalue weighted by molar-refractivity contribution is 5.91. The largest absolute Gasteiger partial charge is 0.487 e. The van der Waals surface area contributed by atoms with E-state index in [-0.39, 0.29) is 35.2 Å². The quantitative estimate of drug-likeness (QED) is 0.646. The lowest BCUT2D eigenvalue weighted by molar-refractivity contribution is 0.0551. The number of carbonyl (C=O) groups is 1. The van der Waals surface area contributed by atoms with Crippen molar-refractivity contribution in [3.63, 3.8) is 0 Å². The van der Waals surface area contributed by atoms with Crippen LogP contribution in [0.25, 0.3) is 0 Å². The summed E-state index contributed by atoms with van der Waals surface area (Å²) in [5.74, 6) is -0.505. The monoisotopic (exact) mass is 398 g/mol. The molecule has 1 amide bonds. The van der Waals surface area contributed by atoms with Crippen molar-refractivity contribution >= 4 is 5.91 Å². The molecule has 29 heavy (non-hydrogen) atoms. The summed E-state index contributed by atoms with van der Waals surface area (Å²) in [4.78, 5) is 14.4. The molecule has 0 radical (unpaired) electrons. The lowest BCUT2D eigenvalue weighted by Crippen LogP contribution is -2.41. The molecule has 3 aromatic rings. The number of amides is 1. The number of aromatic nitrogens is 1. The van der Waals surface area contributed by atoms with E-state index in [0.717, 1.165) is 5.56 Å². The van der Waals surface area contributed by atoms with E-state index in [1.54, 1.807) is 41.3 Å². The Bertz CT molecular complexity index is 980. The van der Waals surface area contributed by atoms with Gasteiger partial charge in [0.1, 0.15) is 11.9 Å². The second-order valence-electron chi connectivity index (χ2n) is 7.03. The van der Waals surface area contributed by atoms with Gasteiger partial charge in [0.2, 0.25) is 5.76 Å². The summed E-state index contributed by atoms with van der Waals surface area (Å²) in [5.41, 5.74) is 1.49. The van der Waals surface area contributed by atoms with Gasteiger partial charge in [-0.1, -0.05) is 29.4 Å². The van der Waals surface area contributed by atoms with Gasteiger partial charge in [0.25, 0.3) is 5.91 Å². The first-order valence-electron chi connectivity index (χ1n) is 9.49. The number of halogens is 2. The fourth-order valence-electron chi connectivity index (χ4n) is 3.36. The standard InChI is InChI=1S/C22H20F2N2O3/c23-16-7-5-15(6-8-16)13-17-14-21(29-25-17)22(27)26-11-9-18(10-12-26)28-20-4-2-1-3-19(20)24/h1-8,14,18H,9-13H2. The zero-order chi connectivity index (χ0) is 20.2. The van der Waals surface area contributed by atoms with Gasteiger partial charge in [-0.05, 0) is 29.8 Å². The minimum Gasteiger partial charge on any atom is -0.487 e. The summed E-state index contributed by atoms with van der Waals surface area (Å²) in [6.07, 6.45) is 1.53. The molecule has 1 fully saturated rings. The molecule has 0 atom stereocenters. The highest BCUT2D eigenvalue weighted by Gasteiger charge is 2.27. The van der Waals surface area contributed by atoms with Gasteiger partial charge in [0.15, 0.2) is 11.6 Å². The number of para-hydroxylation sites is 1. The van der Waals surface area contributed by atoms with Crippen molar-refractivity contribution in [3.05, 3.63) is 83.2 Å². The first-order valence-corrected chi connectivity index (χ1v) is 9.49. The van der Waals surface area contributed by atoms with Gasteiger partial charge in [-0.2, -0.15) is 0 Å². The van der Waals surface area contributed by atoms with E-state index in [2.05, 4.69) is 5.16 Å². The van der Waals surface area contributed by atoms with E-state index in [0.29, 0.717) is 38.0 Å². The predicted octanol–water partition coefficient (Wildman–Crippen LogP) is 4.23. The molecule has 1 saturated heterocycles. The number of rotatable bonds is 5. The van der Waals surface area contributed by atoms with Crippen LogP contribution in [-0.4, -0.2) is 35.2 Å². The highest BCUT2D eigenvalue weighted by Crippen LogP contribution is 2.23. The van der Waals surface area contributed by atoms with Gasteiger partial charge in [0, 0.05) is 38.4 Å². The Kier molecular flexibility index (Phi) is 5.55. The van der Waals surface area contributed by atoms with Crippen LogP contribution in [0.15, 0.2) is 59.1 Å². The number of ether oxygens (including phenoxy) is 1. The molecule has 0 unspecified atom stereocenters. The van der Waals surface area contributed by atoms with Crippen LogP contribution in [0.5, 0.6) is 5.75 Å². The van der Waals surface area contributed by atoms with Crippen molar-refractivity contribution in [2.24, 2.45) is 0 Å². The van der Waals surface area contributed by atoms with Gasteiger partial charge < -0.3 is 14.2 Å². The molecule has 0 spiro atoms. The van der Waals surface area contributed by atoms with Crippen molar-refractivity contribution in [2.75, 3.05) is 13.1 Å². The van der Waals surface area contributed by atoms with Crippen molar-refractivity contribution < 1.29 is 22.8 Å². The molecule has 4 rings (SSSR count). The van der Waals surface area contributed by atoms with Crippen LogP contribution >= 0.6 is 0 Å². The Balaban J connectivity index is 1.32. The molecule has 150 valence electrons. The van der Waals surface area contributed by atoms with Crippen molar-refractivity contribution in [2.45, 2.75) is 25.4 Å². The third kappa shape index (κ3) is 4.62. The van der Waals surface area contributed by atoms with Crippen LogP contribution in [0.3, 0.4) is 0 Å². The number of hydrogen-bond donors (Lipinski definition) is 0. The number of nitrogens with zero attached hydrogens (tertiary/aromatic N) is 2. The second kappa shape index (κ2) is 8.43. The fourth-order valence-corrected chi connectivity index (χ4v) is 3.36. The molecule has 1 aliphatic heterocycles. The van der Waals surface area contributed by atoms with E-state index in [9.17, 15) is 13.6 Å².